The Bertz CT molecular complexity index is 440. The van der Waals surface area contributed by atoms with Gasteiger partial charge in [-0.2, -0.15) is 5.26 Å². The van der Waals surface area contributed by atoms with Crippen LogP contribution in [0.2, 0.25) is 0 Å². The van der Waals surface area contributed by atoms with Crippen LogP contribution in [-0.2, 0) is 4.74 Å². The van der Waals surface area contributed by atoms with Gasteiger partial charge in [0.15, 0.2) is 6.10 Å². The van der Waals surface area contributed by atoms with E-state index in [1.54, 1.807) is 6.92 Å². The van der Waals surface area contributed by atoms with Crippen LogP contribution >= 0.6 is 0 Å². The normalized spacial score (nSPS) is 11.6. The Morgan fingerprint density at radius 3 is 2.94 bits per heavy atom. The number of carbonyl (C=O) groups excluding carboxylic acids is 1. The molecule has 0 aliphatic carbocycles. The van der Waals surface area contributed by atoms with Crippen molar-refractivity contribution in [3.05, 3.63) is 29.6 Å². The summed E-state index contributed by atoms with van der Waals surface area (Å²) in [6.45, 7) is 1.70. The summed E-state index contributed by atoms with van der Waals surface area (Å²) in [5.41, 5.74) is 5.56. The molecule has 16 heavy (non-hydrogen) atoms. The van der Waals surface area contributed by atoms with E-state index < -0.39 is 17.9 Å². The third-order valence-corrected chi connectivity index (χ3v) is 2.00. The van der Waals surface area contributed by atoms with Crippen molar-refractivity contribution in [2.45, 2.75) is 19.4 Å². The molecule has 1 aromatic rings. The van der Waals surface area contributed by atoms with E-state index >= 15 is 0 Å². The van der Waals surface area contributed by atoms with Crippen molar-refractivity contribution >= 4 is 11.7 Å². The molecule has 1 atom stereocenters. The fourth-order valence-corrected chi connectivity index (χ4v) is 1.10. The molecular formula is C11H11FN2O2. The average molecular weight is 222 g/mol. The highest BCUT2D eigenvalue weighted by Gasteiger charge is 2.16. The van der Waals surface area contributed by atoms with Crippen molar-refractivity contribution in [1.29, 1.82) is 5.26 Å². The fraction of sp³-hybridized carbons (Fsp3) is 0.273. The van der Waals surface area contributed by atoms with Crippen LogP contribution in [0, 0.1) is 17.1 Å². The van der Waals surface area contributed by atoms with Crippen LogP contribution < -0.4 is 5.73 Å². The lowest BCUT2D eigenvalue weighted by Gasteiger charge is -2.09. The van der Waals surface area contributed by atoms with Crippen LogP contribution in [0.1, 0.15) is 23.7 Å². The zero-order chi connectivity index (χ0) is 12.1. The van der Waals surface area contributed by atoms with E-state index in [1.165, 1.54) is 6.07 Å². The first-order valence-electron chi connectivity index (χ1n) is 4.74. The van der Waals surface area contributed by atoms with Crippen LogP contribution in [0.15, 0.2) is 18.2 Å². The molecule has 0 fully saturated rings. The number of benzene rings is 1. The molecule has 1 rings (SSSR count). The van der Waals surface area contributed by atoms with Gasteiger partial charge in [-0.25, -0.2) is 9.18 Å². The maximum absolute atomic E-state index is 12.9. The maximum Gasteiger partial charge on any atom is 0.341 e. The van der Waals surface area contributed by atoms with Crippen molar-refractivity contribution in [2.75, 3.05) is 5.73 Å². The second-order valence-electron chi connectivity index (χ2n) is 3.16. The number of nitrogen functional groups attached to an aromatic ring is 1. The van der Waals surface area contributed by atoms with Gasteiger partial charge in [0.05, 0.1) is 5.56 Å². The first-order chi connectivity index (χ1) is 7.58. The van der Waals surface area contributed by atoms with Crippen LogP contribution in [0.5, 0.6) is 0 Å². The van der Waals surface area contributed by atoms with E-state index in [0.29, 0.717) is 6.42 Å². The highest BCUT2D eigenvalue weighted by Crippen LogP contribution is 2.15. The summed E-state index contributed by atoms with van der Waals surface area (Å²) in [4.78, 5) is 11.5. The van der Waals surface area contributed by atoms with E-state index in [2.05, 4.69) is 0 Å². The standard InChI is InChI=1S/C11H11FN2O2/c1-2-8(6-13)16-11(15)9-5-7(12)3-4-10(9)14/h3-5,8H,2,14H2,1H3. The lowest BCUT2D eigenvalue weighted by atomic mass is 10.2. The topological polar surface area (TPSA) is 76.1 Å². The molecular weight excluding hydrogens is 211 g/mol. The zero-order valence-corrected chi connectivity index (χ0v) is 8.74. The van der Waals surface area contributed by atoms with Crippen molar-refractivity contribution in [1.82, 2.24) is 0 Å². The van der Waals surface area contributed by atoms with Gasteiger partial charge in [-0.15, -0.1) is 0 Å². The molecule has 0 bridgehead atoms. The average Bonchev–Trinajstić information content (AvgIpc) is 2.28. The van der Waals surface area contributed by atoms with Gasteiger partial charge in [0.2, 0.25) is 0 Å². The van der Waals surface area contributed by atoms with Crippen LogP contribution in [0.25, 0.3) is 0 Å². The highest BCUT2D eigenvalue weighted by molar-refractivity contribution is 5.95. The first-order valence-corrected chi connectivity index (χ1v) is 4.74. The summed E-state index contributed by atoms with van der Waals surface area (Å²) in [6, 6.07) is 5.22. The second-order valence-corrected chi connectivity index (χ2v) is 3.16. The lowest BCUT2D eigenvalue weighted by molar-refractivity contribution is 0.0402. The number of hydrogen-bond acceptors (Lipinski definition) is 4. The summed E-state index contributed by atoms with van der Waals surface area (Å²) in [5, 5.41) is 8.61. The second kappa shape index (κ2) is 5.12. The number of carbonyl (C=O) groups is 1. The van der Waals surface area contributed by atoms with Gasteiger partial charge < -0.3 is 10.5 Å². The molecule has 0 saturated carbocycles. The van der Waals surface area contributed by atoms with E-state index in [9.17, 15) is 9.18 Å². The predicted octanol–water partition coefficient (Wildman–Crippen LogP) is 1.87. The van der Waals surface area contributed by atoms with Gasteiger partial charge in [0.25, 0.3) is 0 Å². The Morgan fingerprint density at radius 2 is 2.38 bits per heavy atom. The fourth-order valence-electron chi connectivity index (χ4n) is 1.10. The third-order valence-electron chi connectivity index (χ3n) is 2.00. The minimum absolute atomic E-state index is 0.0614. The Hall–Kier alpha value is -2.09. The largest absolute Gasteiger partial charge is 0.443 e. The molecule has 2 N–H and O–H groups in total. The minimum Gasteiger partial charge on any atom is -0.443 e. The number of anilines is 1. The van der Waals surface area contributed by atoms with E-state index in [4.69, 9.17) is 15.7 Å². The summed E-state index contributed by atoms with van der Waals surface area (Å²) in [7, 11) is 0. The van der Waals surface area contributed by atoms with Gasteiger partial charge in [-0.3, -0.25) is 0 Å². The molecule has 0 aromatic heterocycles. The SMILES string of the molecule is CCC(C#N)OC(=O)c1cc(F)ccc1N. The number of hydrogen-bond donors (Lipinski definition) is 1. The van der Waals surface area contributed by atoms with Gasteiger partial charge in [-0.1, -0.05) is 6.92 Å². The molecule has 0 saturated heterocycles. The summed E-state index contributed by atoms with van der Waals surface area (Å²) in [6.07, 6.45) is -0.465. The molecule has 4 nitrogen and oxygen atoms in total. The molecule has 0 amide bonds. The molecule has 1 aromatic carbocycles. The Morgan fingerprint density at radius 1 is 1.69 bits per heavy atom. The third kappa shape index (κ3) is 2.70. The van der Waals surface area contributed by atoms with Crippen molar-refractivity contribution < 1.29 is 13.9 Å². The number of nitrogens with two attached hydrogens (primary N) is 1. The molecule has 1 unspecified atom stereocenters. The Labute approximate surface area is 92.4 Å². The molecule has 84 valence electrons. The van der Waals surface area contributed by atoms with Crippen molar-refractivity contribution in [3.8, 4) is 6.07 Å². The molecule has 0 aliphatic heterocycles. The molecule has 0 aliphatic rings. The maximum atomic E-state index is 12.9. The number of nitrogens with zero attached hydrogens (tertiary/aromatic N) is 1. The summed E-state index contributed by atoms with van der Waals surface area (Å²) >= 11 is 0. The Balaban J connectivity index is 2.89. The van der Waals surface area contributed by atoms with Gasteiger partial charge >= 0.3 is 5.97 Å². The monoisotopic (exact) mass is 222 g/mol. The van der Waals surface area contributed by atoms with E-state index in [1.807, 2.05) is 6.07 Å². The highest BCUT2D eigenvalue weighted by atomic mass is 19.1. The van der Waals surface area contributed by atoms with Gasteiger partial charge in [0, 0.05) is 5.69 Å². The summed E-state index contributed by atoms with van der Waals surface area (Å²) < 4.78 is 17.7. The number of halogens is 1. The number of ether oxygens (including phenoxy) is 1. The van der Waals surface area contributed by atoms with Crippen molar-refractivity contribution in [3.63, 3.8) is 0 Å². The molecule has 0 heterocycles. The van der Waals surface area contributed by atoms with Gasteiger partial charge in [-0.05, 0) is 24.6 Å². The zero-order valence-electron chi connectivity index (χ0n) is 8.74. The van der Waals surface area contributed by atoms with Crippen LogP contribution in [0.3, 0.4) is 0 Å². The van der Waals surface area contributed by atoms with Gasteiger partial charge in [0.1, 0.15) is 11.9 Å². The number of rotatable bonds is 3. The van der Waals surface area contributed by atoms with E-state index in [0.717, 1.165) is 12.1 Å². The number of esters is 1. The predicted molar refractivity (Wildman–Crippen MR) is 55.9 cm³/mol. The Kier molecular flexibility index (Phi) is 3.84. The minimum atomic E-state index is -0.838. The quantitative estimate of drug-likeness (QED) is 0.625. The smallest absolute Gasteiger partial charge is 0.341 e. The molecule has 0 spiro atoms. The molecule has 0 radical (unpaired) electrons. The molecule has 5 heteroatoms. The summed E-state index contributed by atoms with van der Waals surface area (Å²) in [5.74, 6) is -1.36. The lowest BCUT2D eigenvalue weighted by Crippen LogP contribution is -2.17. The first kappa shape index (κ1) is 12.0. The van der Waals surface area contributed by atoms with Crippen LogP contribution in [0.4, 0.5) is 10.1 Å². The van der Waals surface area contributed by atoms with E-state index in [-0.39, 0.29) is 11.3 Å². The van der Waals surface area contributed by atoms with Crippen LogP contribution in [-0.4, -0.2) is 12.1 Å². The number of nitriles is 1. The van der Waals surface area contributed by atoms with Crippen molar-refractivity contribution in [2.24, 2.45) is 0 Å².